The zero-order valence-corrected chi connectivity index (χ0v) is 18.5. The molecule has 1 aromatic carbocycles. The number of ether oxygens (including phenoxy) is 1. The monoisotopic (exact) mass is 461 g/mol. The Kier molecular flexibility index (Phi) is 11.1. The van der Waals surface area contributed by atoms with Crippen LogP contribution in [0, 0.1) is 13.8 Å². The highest BCUT2D eigenvalue weighted by Crippen LogP contribution is 2.13. The molecule has 32 heavy (non-hydrogen) atoms. The summed E-state index contributed by atoms with van der Waals surface area (Å²) in [5.74, 6) is -2.69. The van der Waals surface area contributed by atoms with Crippen LogP contribution in [-0.4, -0.2) is 91.9 Å². The minimum atomic E-state index is -5.08. The molecule has 0 spiro atoms. The molecular weight excluding hydrogens is 431 g/mol. The fourth-order valence-corrected chi connectivity index (χ4v) is 3.10. The number of alkyl halides is 3. The van der Waals surface area contributed by atoms with Crippen molar-refractivity contribution < 1.29 is 37.4 Å². The minimum Gasteiger partial charge on any atom is -0.475 e. The van der Waals surface area contributed by atoms with E-state index in [1.54, 1.807) is 12.0 Å². The predicted molar refractivity (Wildman–Crippen MR) is 111 cm³/mol. The summed E-state index contributed by atoms with van der Waals surface area (Å²) < 4.78 is 36.9. The van der Waals surface area contributed by atoms with E-state index >= 15 is 0 Å². The van der Waals surface area contributed by atoms with E-state index in [9.17, 15) is 22.8 Å². The van der Waals surface area contributed by atoms with Gasteiger partial charge < -0.3 is 25.0 Å². The van der Waals surface area contributed by atoms with Crippen molar-refractivity contribution in [1.82, 2.24) is 15.1 Å². The molecule has 1 aliphatic heterocycles. The van der Waals surface area contributed by atoms with Crippen LogP contribution in [-0.2, 0) is 14.3 Å². The maximum atomic E-state index is 12.9. The molecule has 1 aliphatic rings. The molecule has 2 amide bonds. The van der Waals surface area contributed by atoms with Crippen LogP contribution in [0.1, 0.15) is 27.9 Å². The first-order chi connectivity index (χ1) is 15.0. The van der Waals surface area contributed by atoms with Gasteiger partial charge >= 0.3 is 12.1 Å². The number of halogens is 3. The number of carboxylic acids is 1. The molecule has 1 fully saturated rings. The van der Waals surface area contributed by atoms with Crippen LogP contribution in [0.4, 0.5) is 13.2 Å². The Hall–Kier alpha value is -2.66. The molecule has 2 rings (SSSR count). The summed E-state index contributed by atoms with van der Waals surface area (Å²) >= 11 is 0. The number of hydrogen-bond donors (Lipinski definition) is 2. The van der Waals surface area contributed by atoms with E-state index in [2.05, 4.69) is 5.32 Å². The first kappa shape index (κ1) is 27.4. The van der Waals surface area contributed by atoms with E-state index < -0.39 is 12.1 Å². The van der Waals surface area contributed by atoms with Crippen LogP contribution in [0.5, 0.6) is 0 Å². The molecule has 0 atom stereocenters. The lowest BCUT2D eigenvalue weighted by Crippen LogP contribution is -2.47. The molecule has 0 radical (unpaired) electrons. The minimum absolute atomic E-state index is 0.0445. The van der Waals surface area contributed by atoms with Gasteiger partial charge in [-0.1, -0.05) is 17.2 Å². The van der Waals surface area contributed by atoms with E-state index in [0.717, 1.165) is 37.3 Å². The number of nitrogens with one attached hydrogen (secondary N) is 1. The van der Waals surface area contributed by atoms with E-state index in [0.29, 0.717) is 31.7 Å². The SMILES string of the molecule is COCCN(CCC(=O)N1CCNCC1)C(=O)c1cc(C)cc(C)c1.O=C(O)C(F)(F)F. The molecule has 11 heteroatoms. The number of hydrogen-bond acceptors (Lipinski definition) is 5. The molecule has 0 bridgehead atoms. The fraction of sp³-hybridized carbons (Fsp3) is 0.571. The van der Waals surface area contributed by atoms with Gasteiger partial charge in [-0.2, -0.15) is 13.2 Å². The first-order valence-corrected chi connectivity index (χ1v) is 10.1. The molecule has 2 N–H and O–H groups in total. The van der Waals surface area contributed by atoms with Gasteiger partial charge in [0.15, 0.2) is 0 Å². The summed E-state index contributed by atoms with van der Waals surface area (Å²) in [6.45, 7) is 8.47. The van der Waals surface area contributed by atoms with Gasteiger partial charge in [0.2, 0.25) is 5.91 Å². The average Bonchev–Trinajstić information content (AvgIpc) is 2.73. The van der Waals surface area contributed by atoms with Gasteiger partial charge in [-0.15, -0.1) is 0 Å². The molecule has 0 aliphatic carbocycles. The number of benzene rings is 1. The Morgan fingerprint density at radius 2 is 1.62 bits per heavy atom. The molecular formula is C21H30F3N3O5. The predicted octanol–water partition coefficient (Wildman–Crippen LogP) is 1.85. The van der Waals surface area contributed by atoms with Gasteiger partial charge in [0.1, 0.15) is 0 Å². The molecule has 0 saturated carbocycles. The first-order valence-electron chi connectivity index (χ1n) is 10.1. The highest BCUT2D eigenvalue weighted by atomic mass is 19.4. The summed E-state index contributed by atoms with van der Waals surface area (Å²) in [4.78, 5) is 37.7. The normalized spacial score (nSPS) is 13.8. The lowest BCUT2D eigenvalue weighted by molar-refractivity contribution is -0.192. The second kappa shape index (κ2) is 13.0. The lowest BCUT2D eigenvalue weighted by atomic mass is 10.1. The molecule has 0 aromatic heterocycles. The standard InChI is InChI=1S/C19H29N3O3.C2HF3O2/c1-15-12-16(2)14-17(13-15)19(24)22(10-11-25-3)7-4-18(23)21-8-5-20-6-9-21;3-2(4,5)1(6)7/h12-14,20H,4-11H2,1-3H3;(H,6,7). The Morgan fingerprint density at radius 1 is 1.09 bits per heavy atom. The Morgan fingerprint density at radius 3 is 2.09 bits per heavy atom. The number of piperazine rings is 1. The van der Waals surface area contributed by atoms with Gasteiger partial charge in [-0.3, -0.25) is 9.59 Å². The van der Waals surface area contributed by atoms with Crippen molar-refractivity contribution in [2.75, 3.05) is 53.0 Å². The smallest absolute Gasteiger partial charge is 0.475 e. The van der Waals surface area contributed by atoms with Crippen LogP contribution >= 0.6 is 0 Å². The molecule has 8 nitrogen and oxygen atoms in total. The zero-order chi connectivity index (χ0) is 24.3. The zero-order valence-electron chi connectivity index (χ0n) is 18.5. The third kappa shape index (κ3) is 9.65. The number of aryl methyl sites for hydroxylation is 2. The summed E-state index contributed by atoms with van der Waals surface area (Å²) in [6.07, 6.45) is -4.74. The van der Waals surface area contributed by atoms with Crippen LogP contribution in [0.25, 0.3) is 0 Å². The largest absolute Gasteiger partial charge is 0.490 e. The van der Waals surface area contributed by atoms with Crippen LogP contribution in [0.15, 0.2) is 18.2 Å². The number of amides is 2. The van der Waals surface area contributed by atoms with Gasteiger partial charge in [-0.05, 0) is 26.0 Å². The number of carboxylic acid groups (broad SMARTS) is 1. The number of rotatable bonds is 7. The van der Waals surface area contributed by atoms with Crippen molar-refractivity contribution >= 4 is 17.8 Å². The Balaban J connectivity index is 0.000000633. The van der Waals surface area contributed by atoms with Crippen molar-refractivity contribution in [3.63, 3.8) is 0 Å². The maximum Gasteiger partial charge on any atom is 0.490 e. The van der Waals surface area contributed by atoms with E-state index in [1.807, 2.05) is 36.9 Å². The van der Waals surface area contributed by atoms with E-state index in [-0.39, 0.29) is 11.8 Å². The number of nitrogens with zero attached hydrogens (tertiary/aromatic N) is 2. The fourth-order valence-electron chi connectivity index (χ4n) is 3.10. The highest BCUT2D eigenvalue weighted by molar-refractivity contribution is 5.95. The van der Waals surface area contributed by atoms with Gasteiger partial charge in [0, 0.05) is 58.4 Å². The van der Waals surface area contributed by atoms with E-state index in [1.165, 1.54) is 0 Å². The second-order valence-corrected chi connectivity index (χ2v) is 7.35. The van der Waals surface area contributed by atoms with Crippen molar-refractivity contribution in [3.05, 3.63) is 34.9 Å². The molecule has 1 heterocycles. The van der Waals surface area contributed by atoms with E-state index in [4.69, 9.17) is 14.6 Å². The summed E-state index contributed by atoms with van der Waals surface area (Å²) in [5.41, 5.74) is 2.79. The topological polar surface area (TPSA) is 99.2 Å². The van der Waals surface area contributed by atoms with Gasteiger partial charge in [-0.25, -0.2) is 4.79 Å². The highest BCUT2D eigenvalue weighted by Gasteiger charge is 2.38. The van der Waals surface area contributed by atoms with Crippen LogP contribution in [0.2, 0.25) is 0 Å². The van der Waals surface area contributed by atoms with Crippen molar-refractivity contribution in [2.24, 2.45) is 0 Å². The number of methoxy groups -OCH3 is 1. The quantitative estimate of drug-likeness (QED) is 0.643. The van der Waals surface area contributed by atoms with Gasteiger partial charge in [0.05, 0.1) is 6.61 Å². The van der Waals surface area contributed by atoms with Crippen LogP contribution < -0.4 is 5.32 Å². The van der Waals surface area contributed by atoms with Gasteiger partial charge in [0.25, 0.3) is 5.91 Å². The molecule has 1 saturated heterocycles. The van der Waals surface area contributed by atoms with Crippen molar-refractivity contribution in [3.8, 4) is 0 Å². The lowest BCUT2D eigenvalue weighted by Gasteiger charge is -2.29. The summed E-state index contributed by atoms with van der Waals surface area (Å²) in [7, 11) is 1.62. The average molecular weight is 461 g/mol. The molecule has 0 unspecified atom stereocenters. The number of carbonyl (C=O) groups excluding carboxylic acids is 2. The van der Waals surface area contributed by atoms with Crippen molar-refractivity contribution in [2.45, 2.75) is 26.4 Å². The maximum absolute atomic E-state index is 12.9. The summed E-state index contributed by atoms with van der Waals surface area (Å²) in [5, 5.41) is 10.4. The molecule has 180 valence electrons. The second-order valence-electron chi connectivity index (χ2n) is 7.35. The number of carbonyl (C=O) groups is 3. The van der Waals surface area contributed by atoms with Crippen molar-refractivity contribution in [1.29, 1.82) is 0 Å². The Labute approximate surface area is 185 Å². The Bertz CT molecular complexity index is 760. The number of aliphatic carboxylic acids is 1. The third-order valence-corrected chi connectivity index (χ3v) is 4.63. The molecule has 1 aromatic rings. The van der Waals surface area contributed by atoms with Crippen LogP contribution in [0.3, 0.4) is 0 Å². The summed E-state index contributed by atoms with van der Waals surface area (Å²) in [6, 6.07) is 5.84. The third-order valence-electron chi connectivity index (χ3n) is 4.63.